The second-order valence-electron chi connectivity index (χ2n) is 6.07. The van der Waals surface area contributed by atoms with Gasteiger partial charge in [0.1, 0.15) is 18.3 Å². The van der Waals surface area contributed by atoms with Crippen molar-refractivity contribution in [3.63, 3.8) is 0 Å². The van der Waals surface area contributed by atoms with Gasteiger partial charge in [-0.15, -0.1) is 11.6 Å². The Hall–Kier alpha value is -1.23. The number of aliphatic hydroxyl groups excluding tert-OH is 2. The highest BCUT2D eigenvalue weighted by atomic mass is 35.5. The van der Waals surface area contributed by atoms with Gasteiger partial charge in [0.2, 0.25) is 5.28 Å². The molecule has 0 saturated carbocycles. The van der Waals surface area contributed by atoms with E-state index in [9.17, 15) is 10.2 Å². The van der Waals surface area contributed by atoms with Gasteiger partial charge in [-0.3, -0.25) is 4.57 Å². The van der Waals surface area contributed by atoms with Gasteiger partial charge in [-0.25, -0.2) is 4.98 Å². The molecule has 0 bridgehead atoms. The van der Waals surface area contributed by atoms with Crippen molar-refractivity contribution < 1.29 is 19.7 Å². The summed E-state index contributed by atoms with van der Waals surface area (Å²) in [6.45, 7) is 1.27. The number of imidazole rings is 1. The normalized spacial score (nSPS) is 32.6. The molecule has 4 rings (SSSR count). The van der Waals surface area contributed by atoms with Crippen LogP contribution in [0.15, 0.2) is 6.33 Å². The summed E-state index contributed by atoms with van der Waals surface area (Å²) in [6, 6.07) is 0.120. The van der Waals surface area contributed by atoms with Crippen LogP contribution in [0.1, 0.15) is 12.6 Å². The third-order valence-corrected chi connectivity index (χ3v) is 4.90. The van der Waals surface area contributed by atoms with E-state index in [-0.39, 0.29) is 17.2 Å². The van der Waals surface area contributed by atoms with Crippen molar-refractivity contribution in [2.45, 2.75) is 37.0 Å². The molecule has 2 aromatic rings. The van der Waals surface area contributed by atoms with Crippen molar-refractivity contribution >= 4 is 40.2 Å². The van der Waals surface area contributed by atoms with Gasteiger partial charge in [0, 0.05) is 6.61 Å². The van der Waals surface area contributed by atoms with Gasteiger partial charge in [-0.05, 0) is 18.0 Å². The Morgan fingerprint density at radius 3 is 2.84 bits per heavy atom. The van der Waals surface area contributed by atoms with Gasteiger partial charge in [-0.2, -0.15) is 9.97 Å². The Morgan fingerprint density at radius 1 is 1.32 bits per heavy atom. The standard InChI is InChI=1S/C14H17Cl2N5O4/c15-3-7-9(22)10(23)13(25-7)21-5-17-8-11(18-6-1-2-24-4-6)19-14(16)20-12(8)21/h5-7,9-10,13,22-23H,1-4H2,(H,18,19,20)/t6-,7-,9-,10-,13-/m1/s1. The summed E-state index contributed by atoms with van der Waals surface area (Å²) in [7, 11) is 0. The lowest BCUT2D eigenvalue weighted by Gasteiger charge is -2.17. The molecule has 0 aliphatic carbocycles. The van der Waals surface area contributed by atoms with Crippen LogP contribution in [-0.4, -0.2) is 73.2 Å². The summed E-state index contributed by atoms with van der Waals surface area (Å²) in [6.07, 6.45) is -1.46. The van der Waals surface area contributed by atoms with Gasteiger partial charge in [0.15, 0.2) is 23.2 Å². The molecule has 0 spiro atoms. The Kier molecular flexibility index (Phi) is 4.69. The monoisotopic (exact) mass is 389 g/mol. The minimum Gasteiger partial charge on any atom is -0.387 e. The largest absolute Gasteiger partial charge is 0.387 e. The summed E-state index contributed by atoms with van der Waals surface area (Å²) >= 11 is 11.8. The van der Waals surface area contributed by atoms with E-state index in [1.807, 2.05) is 0 Å². The van der Waals surface area contributed by atoms with E-state index >= 15 is 0 Å². The van der Waals surface area contributed by atoms with Crippen molar-refractivity contribution in [3.05, 3.63) is 11.6 Å². The molecule has 5 atom stereocenters. The summed E-state index contributed by atoms with van der Waals surface area (Å²) in [5.41, 5.74) is 0.892. The van der Waals surface area contributed by atoms with Gasteiger partial charge in [0.05, 0.1) is 24.9 Å². The number of alkyl halides is 1. The Morgan fingerprint density at radius 2 is 2.16 bits per heavy atom. The van der Waals surface area contributed by atoms with Crippen LogP contribution in [-0.2, 0) is 9.47 Å². The number of ether oxygens (including phenoxy) is 2. The first-order chi connectivity index (χ1) is 12.1. The van der Waals surface area contributed by atoms with Gasteiger partial charge >= 0.3 is 0 Å². The minimum atomic E-state index is -1.16. The van der Waals surface area contributed by atoms with Crippen LogP contribution in [0.2, 0.25) is 5.28 Å². The number of nitrogens with one attached hydrogen (secondary N) is 1. The zero-order valence-electron chi connectivity index (χ0n) is 13.0. The molecule has 11 heteroatoms. The first kappa shape index (κ1) is 17.2. The molecule has 2 aliphatic rings. The van der Waals surface area contributed by atoms with Crippen LogP contribution in [0.5, 0.6) is 0 Å². The number of aromatic nitrogens is 4. The van der Waals surface area contributed by atoms with Gasteiger partial charge in [-0.1, -0.05) is 0 Å². The molecule has 136 valence electrons. The zero-order valence-corrected chi connectivity index (χ0v) is 14.6. The molecule has 0 unspecified atom stereocenters. The fourth-order valence-corrected chi connectivity index (χ4v) is 3.52. The molecular formula is C14H17Cl2N5O4. The fraction of sp³-hybridized carbons (Fsp3) is 0.643. The molecule has 9 nitrogen and oxygen atoms in total. The van der Waals surface area contributed by atoms with Crippen molar-refractivity contribution in [3.8, 4) is 0 Å². The van der Waals surface area contributed by atoms with Crippen molar-refractivity contribution in [1.29, 1.82) is 0 Å². The van der Waals surface area contributed by atoms with Gasteiger partial charge < -0.3 is 25.0 Å². The van der Waals surface area contributed by atoms with Crippen molar-refractivity contribution in [2.75, 3.05) is 24.4 Å². The Balaban J connectivity index is 1.70. The molecular weight excluding hydrogens is 373 g/mol. The summed E-state index contributed by atoms with van der Waals surface area (Å²) in [5, 5.41) is 23.6. The molecule has 2 fully saturated rings. The average Bonchev–Trinajstić information content (AvgIpc) is 3.29. The molecule has 4 heterocycles. The number of aliphatic hydroxyl groups is 2. The number of hydrogen-bond donors (Lipinski definition) is 3. The first-order valence-corrected chi connectivity index (χ1v) is 8.81. The maximum atomic E-state index is 10.3. The first-order valence-electron chi connectivity index (χ1n) is 7.90. The Bertz CT molecular complexity index is 769. The smallest absolute Gasteiger partial charge is 0.226 e. The van der Waals surface area contributed by atoms with Crippen LogP contribution in [0.4, 0.5) is 5.82 Å². The van der Waals surface area contributed by atoms with E-state index in [1.54, 1.807) is 0 Å². The molecule has 2 aliphatic heterocycles. The number of fused-ring (bicyclic) bond motifs is 1. The topological polar surface area (TPSA) is 115 Å². The zero-order chi connectivity index (χ0) is 17.6. The van der Waals surface area contributed by atoms with Crippen molar-refractivity contribution in [2.24, 2.45) is 0 Å². The summed E-state index contributed by atoms with van der Waals surface area (Å²) < 4.78 is 12.5. The van der Waals surface area contributed by atoms with E-state index < -0.39 is 24.5 Å². The van der Waals surface area contributed by atoms with Crippen LogP contribution in [0.3, 0.4) is 0 Å². The lowest BCUT2D eigenvalue weighted by Crippen LogP contribution is -2.32. The molecule has 0 aromatic carbocycles. The summed E-state index contributed by atoms with van der Waals surface area (Å²) in [5.74, 6) is 0.553. The second-order valence-corrected chi connectivity index (χ2v) is 6.72. The van der Waals surface area contributed by atoms with E-state index in [0.29, 0.717) is 30.2 Å². The minimum absolute atomic E-state index is 0.0394. The lowest BCUT2D eigenvalue weighted by atomic mass is 10.1. The lowest BCUT2D eigenvalue weighted by molar-refractivity contribution is -0.0291. The number of rotatable bonds is 4. The van der Waals surface area contributed by atoms with Crippen LogP contribution >= 0.6 is 23.2 Å². The third kappa shape index (κ3) is 3.05. The molecule has 0 amide bonds. The highest BCUT2D eigenvalue weighted by Gasteiger charge is 2.44. The molecule has 0 radical (unpaired) electrons. The van der Waals surface area contributed by atoms with Crippen LogP contribution in [0, 0.1) is 0 Å². The fourth-order valence-electron chi connectivity index (χ4n) is 3.10. The average molecular weight is 390 g/mol. The molecule has 25 heavy (non-hydrogen) atoms. The van der Waals surface area contributed by atoms with E-state index in [0.717, 1.165) is 6.42 Å². The third-order valence-electron chi connectivity index (χ3n) is 4.43. The highest BCUT2D eigenvalue weighted by molar-refractivity contribution is 6.28. The van der Waals surface area contributed by atoms with E-state index in [2.05, 4.69) is 20.3 Å². The molecule has 3 N–H and O–H groups in total. The summed E-state index contributed by atoms with van der Waals surface area (Å²) in [4.78, 5) is 12.7. The Labute approximate surface area is 152 Å². The number of hydrogen-bond acceptors (Lipinski definition) is 8. The van der Waals surface area contributed by atoms with E-state index in [1.165, 1.54) is 10.9 Å². The quantitative estimate of drug-likeness (QED) is 0.512. The van der Waals surface area contributed by atoms with Gasteiger partial charge in [0.25, 0.3) is 0 Å². The number of anilines is 1. The predicted molar refractivity (Wildman–Crippen MR) is 89.8 cm³/mol. The van der Waals surface area contributed by atoms with Crippen molar-refractivity contribution in [1.82, 2.24) is 19.5 Å². The maximum absolute atomic E-state index is 10.3. The van der Waals surface area contributed by atoms with E-state index in [4.69, 9.17) is 32.7 Å². The number of halogens is 2. The predicted octanol–water partition coefficient (Wildman–Crippen LogP) is 0.538. The molecule has 2 aromatic heterocycles. The van der Waals surface area contributed by atoms with Crippen LogP contribution < -0.4 is 5.32 Å². The SMILES string of the molecule is O[C@@H]1[C@H](O)[C@@H](CCl)O[C@H]1n1cnc2c(N[C@@H]3CCOC3)nc(Cl)nc21. The maximum Gasteiger partial charge on any atom is 0.226 e. The highest BCUT2D eigenvalue weighted by Crippen LogP contribution is 2.33. The second kappa shape index (κ2) is 6.82. The van der Waals surface area contributed by atoms with Crippen LogP contribution in [0.25, 0.3) is 11.2 Å². The molecule has 2 saturated heterocycles. The number of nitrogens with zero attached hydrogens (tertiary/aromatic N) is 4.